The highest BCUT2D eigenvalue weighted by molar-refractivity contribution is 5.47. The summed E-state index contributed by atoms with van der Waals surface area (Å²) >= 11 is 0. The number of aliphatic hydroxyl groups is 1. The number of hydrogen-bond donors (Lipinski definition) is 1. The Hall–Kier alpha value is -1.20. The lowest BCUT2D eigenvalue weighted by atomic mass is 9.96. The fourth-order valence-corrected chi connectivity index (χ4v) is 3.83. The molecule has 5 heteroatoms. The fraction of sp³-hybridized carbons (Fsp3) is 0.765. The van der Waals surface area contributed by atoms with E-state index in [1.54, 1.807) is 0 Å². The van der Waals surface area contributed by atoms with Crippen molar-refractivity contribution >= 4 is 5.82 Å². The van der Waals surface area contributed by atoms with E-state index >= 15 is 0 Å². The van der Waals surface area contributed by atoms with Crippen molar-refractivity contribution < 1.29 is 5.11 Å². The van der Waals surface area contributed by atoms with Crippen molar-refractivity contribution in [1.29, 1.82) is 0 Å². The molecule has 22 heavy (non-hydrogen) atoms. The van der Waals surface area contributed by atoms with Gasteiger partial charge in [-0.2, -0.15) is 0 Å². The number of nitrogens with zero attached hydrogens (tertiary/aromatic N) is 4. The van der Waals surface area contributed by atoms with Crippen LogP contribution >= 0.6 is 0 Å². The maximum Gasteiger partial charge on any atom is 0.135 e. The Morgan fingerprint density at radius 2 is 1.95 bits per heavy atom. The second-order valence-electron chi connectivity index (χ2n) is 6.74. The molecular weight excluding hydrogens is 276 g/mol. The van der Waals surface area contributed by atoms with Crippen LogP contribution in [0.3, 0.4) is 0 Å². The van der Waals surface area contributed by atoms with Gasteiger partial charge in [0, 0.05) is 43.9 Å². The average molecular weight is 304 g/mol. The molecule has 3 heterocycles. The molecule has 122 valence electrons. The van der Waals surface area contributed by atoms with Crippen molar-refractivity contribution in [3.8, 4) is 0 Å². The number of likely N-dealkylation sites (tertiary alicyclic amines) is 1. The smallest absolute Gasteiger partial charge is 0.135 e. The van der Waals surface area contributed by atoms with Gasteiger partial charge in [-0.15, -0.1) is 0 Å². The van der Waals surface area contributed by atoms with Gasteiger partial charge in [-0.25, -0.2) is 9.97 Å². The van der Waals surface area contributed by atoms with Crippen LogP contribution < -0.4 is 4.90 Å². The first-order chi connectivity index (χ1) is 10.7. The van der Waals surface area contributed by atoms with Gasteiger partial charge in [0.25, 0.3) is 0 Å². The highest BCUT2D eigenvalue weighted by atomic mass is 16.3. The molecule has 0 amide bonds. The quantitative estimate of drug-likeness (QED) is 0.893. The Bertz CT molecular complexity index is 501. The predicted octanol–water partition coefficient (Wildman–Crippen LogP) is 1.49. The fourth-order valence-electron chi connectivity index (χ4n) is 3.83. The van der Waals surface area contributed by atoms with Gasteiger partial charge in [0.15, 0.2) is 0 Å². The van der Waals surface area contributed by atoms with Gasteiger partial charge in [0.1, 0.15) is 11.6 Å². The lowest BCUT2D eigenvalue weighted by molar-refractivity contribution is 0.176. The second-order valence-corrected chi connectivity index (χ2v) is 6.74. The molecular formula is C17H28N4O. The molecule has 2 aliphatic heterocycles. The monoisotopic (exact) mass is 304 g/mol. The maximum absolute atomic E-state index is 9.78. The van der Waals surface area contributed by atoms with Crippen molar-refractivity contribution in [3.63, 3.8) is 0 Å². The van der Waals surface area contributed by atoms with Crippen molar-refractivity contribution in [2.75, 3.05) is 44.2 Å². The first-order valence-corrected chi connectivity index (χ1v) is 8.62. The highest BCUT2D eigenvalue weighted by Gasteiger charge is 2.35. The van der Waals surface area contributed by atoms with Crippen LogP contribution in [0.25, 0.3) is 0 Å². The van der Waals surface area contributed by atoms with Gasteiger partial charge >= 0.3 is 0 Å². The molecule has 0 radical (unpaired) electrons. The summed E-state index contributed by atoms with van der Waals surface area (Å²) in [7, 11) is 0. The van der Waals surface area contributed by atoms with E-state index < -0.39 is 0 Å². The van der Waals surface area contributed by atoms with Gasteiger partial charge < -0.3 is 14.9 Å². The second kappa shape index (κ2) is 6.92. The summed E-state index contributed by atoms with van der Waals surface area (Å²) in [5.74, 6) is 2.82. The predicted molar refractivity (Wildman–Crippen MR) is 88.1 cm³/mol. The van der Waals surface area contributed by atoms with Crippen LogP contribution in [0.4, 0.5) is 5.82 Å². The standard InChI is InChI=1S/C17H28N4O/c1-3-14-8-18-13(2)19-17(14)21-10-15(16(11-21)12-22)9-20-6-4-5-7-20/h8,15-16,22H,3-7,9-12H2,1-2H3/t15-,16-/m1/s1. The minimum absolute atomic E-state index is 0.278. The number of rotatable bonds is 5. The van der Waals surface area contributed by atoms with E-state index in [0.717, 1.165) is 37.7 Å². The lowest BCUT2D eigenvalue weighted by Crippen LogP contribution is -2.32. The third-order valence-corrected chi connectivity index (χ3v) is 5.14. The van der Waals surface area contributed by atoms with Gasteiger partial charge in [-0.05, 0) is 45.2 Å². The maximum atomic E-state index is 9.78. The van der Waals surface area contributed by atoms with Crippen LogP contribution in [0.2, 0.25) is 0 Å². The first-order valence-electron chi connectivity index (χ1n) is 8.62. The van der Waals surface area contributed by atoms with Crippen LogP contribution in [0.1, 0.15) is 31.2 Å². The summed E-state index contributed by atoms with van der Waals surface area (Å²) in [5.41, 5.74) is 1.21. The molecule has 2 atom stereocenters. The molecule has 2 aliphatic rings. The molecule has 0 aromatic carbocycles. The molecule has 5 nitrogen and oxygen atoms in total. The van der Waals surface area contributed by atoms with Gasteiger partial charge in [-0.3, -0.25) is 0 Å². The zero-order valence-corrected chi connectivity index (χ0v) is 13.8. The Morgan fingerprint density at radius 3 is 2.64 bits per heavy atom. The molecule has 0 unspecified atom stereocenters. The van der Waals surface area contributed by atoms with E-state index in [9.17, 15) is 5.11 Å². The van der Waals surface area contributed by atoms with Crippen molar-refractivity contribution in [3.05, 3.63) is 17.6 Å². The molecule has 2 saturated heterocycles. The summed E-state index contributed by atoms with van der Waals surface area (Å²) in [6, 6.07) is 0. The van der Waals surface area contributed by atoms with Crippen LogP contribution in [0.5, 0.6) is 0 Å². The number of anilines is 1. The summed E-state index contributed by atoms with van der Waals surface area (Å²) < 4.78 is 0. The van der Waals surface area contributed by atoms with Gasteiger partial charge in [0.05, 0.1) is 0 Å². The number of aliphatic hydroxyl groups excluding tert-OH is 1. The Balaban J connectivity index is 1.74. The van der Waals surface area contributed by atoms with E-state index in [1.165, 1.54) is 31.5 Å². The SMILES string of the molecule is CCc1cnc(C)nc1N1C[C@@H](CN2CCCC2)[C@@H](CO)C1. The van der Waals surface area contributed by atoms with Crippen LogP contribution in [0.15, 0.2) is 6.20 Å². The lowest BCUT2D eigenvalue weighted by Gasteiger charge is -2.23. The Morgan fingerprint density at radius 1 is 1.23 bits per heavy atom. The van der Waals surface area contributed by atoms with Gasteiger partial charge in [0.2, 0.25) is 0 Å². The molecule has 1 aromatic rings. The summed E-state index contributed by atoms with van der Waals surface area (Å²) in [6.07, 6.45) is 5.56. The minimum Gasteiger partial charge on any atom is -0.396 e. The van der Waals surface area contributed by atoms with Crippen LogP contribution in [0, 0.1) is 18.8 Å². The molecule has 3 rings (SSSR count). The van der Waals surface area contributed by atoms with Crippen LogP contribution in [-0.4, -0.2) is 59.3 Å². The minimum atomic E-state index is 0.278. The molecule has 1 N–H and O–H groups in total. The average Bonchev–Trinajstić information content (AvgIpc) is 3.17. The summed E-state index contributed by atoms with van der Waals surface area (Å²) in [5, 5.41) is 9.78. The zero-order chi connectivity index (χ0) is 15.5. The normalized spacial score (nSPS) is 26.0. The van der Waals surface area contributed by atoms with Crippen molar-refractivity contribution in [2.24, 2.45) is 11.8 Å². The summed E-state index contributed by atoms with van der Waals surface area (Å²) in [4.78, 5) is 13.9. The third-order valence-electron chi connectivity index (χ3n) is 5.14. The Kier molecular flexibility index (Phi) is 4.93. The molecule has 2 fully saturated rings. The number of aryl methyl sites for hydroxylation is 2. The number of hydrogen-bond acceptors (Lipinski definition) is 5. The van der Waals surface area contributed by atoms with E-state index in [2.05, 4.69) is 26.7 Å². The highest BCUT2D eigenvalue weighted by Crippen LogP contribution is 2.30. The van der Waals surface area contributed by atoms with E-state index in [0.29, 0.717) is 11.8 Å². The molecule has 0 spiro atoms. The van der Waals surface area contributed by atoms with Gasteiger partial charge in [-0.1, -0.05) is 6.92 Å². The van der Waals surface area contributed by atoms with E-state index in [-0.39, 0.29) is 6.61 Å². The molecule has 0 bridgehead atoms. The van der Waals surface area contributed by atoms with Crippen molar-refractivity contribution in [2.45, 2.75) is 33.1 Å². The largest absolute Gasteiger partial charge is 0.396 e. The van der Waals surface area contributed by atoms with Crippen molar-refractivity contribution in [1.82, 2.24) is 14.9 Å². The summed E-state index contributed by atoms with van der Waals surface area (Å²) in [6.45, 7) is 9.86. The van der Waals surface area contributed by atoms with E-state index in [4.69, 9.17) is 0 Å². The third kappa shape index (κ3) is 3.25. The zero-order valence-electron chi connectivity index (χ0n) is 13.8. The Labute approximate surface area is 133 Å². The van der Waals surface area contributed by atoms with E-state index in [1.807, 2.05) is 13.1 Å². The molecule has 0 saturated carbocycles. The van der Waals surface area contributed by atoms with Crippen LogP contribution in [-0.2, 0) is 6.42 Å². The number of aromatic nitrogens is 2. The molecule has 1 aromatic heterocycles. The topological polar surface area (TPSA) is 52.5 Å². The first kappa shape index (κ1) is 15.7. The molecule has 0 aliphatic carbocycles.